The molecular weight excluding hydrogens is 280 g/mol. The van der Waals surface area contributed by atoms with Crippen LogP contribution >= 0.6 is 0 Å². The molecule has 0 saturated carbocycles. The van der Waals surface area contributed by atoms with Crippen molar-refractivity contribution in [1.82, 2.24) is 9.55 Å². The fraction of sp³-hybridized carbons (Fsp3) is 0.0952. The number of hydrogen-bond acceptors (Lipinski definition) is 1. The van der Waals surface area contributed by atoms with Gasteiger partial charge in [0.1, 0.15) is 5.65 Å². The molecule has 0 amide bonds. The Morgan fingerprint density at radius 1 is 1.13 bits per heavy atom. The summed E-state index contributed by atoms with van der Waals surface area (Å²) in [6.45, 7) is 12.8. The van der Waals surface area contributed by atoms with Gasteiger partial charge in [-0.3, -0.25) is 0 Å². The number of hydrogen-bond donors (Lipinski definition) is 0. The average Bonchev–Trinajstić information content (AvgIpc) is 2.97. The van der Waals surface area contributed by atoms with Crippen LogP contribution in [0.5, 0.6) is 0 Å². The molecule has 0 aliphatic heterocycles. The number of pyridine rings is 1. The molecule has 2 nitrogen and oxygen atoms in total. The maximum Gasteiger partial charge on any atom is 0.140 e. The van der Waals surface area contributed by atoms with Crippen molar-refractivity contribution in [1.29, 1.82) is 0 Å². The SMILES string of the molecule is C=C.C=C/C(=C\C)c1cc2cccnc2n1Cc1ccccc1. The molecule has 0 bridgehead atoms. The summed E-state index contributed by atoms with van der Waals surface area (Å²) in [5.74, 6) is 0. The lowest BCUT2D eigenvalue weighted by Crippen LogP contribution is -2.04. The van der Waals surface area contributed by atoms with E-state index in [1.807, 2.05) is 31.3 Å². The standard InChI is InChI=1S/C19H18N2.C2H4/c1-3-16(4-2)18-13-17-11-8-12-20-19(17)21(18)14-15-9-6-5-7-10-15;1-2/h3-13H,1,14H2,2H3;1-2H2/b16-4+;. The van der Waals surface area contributed by atoms with Crippen LogP contribution in [0.4, 0.5) is 0 Å². The number of aromatic nitrogens is 2. The topological polar surface area (TPSA) is 17.8 Å². The Morgan fingerprint density at radius 3 is 2.52 bits per heavy atom. The first-order valence-electron chi connectivity index (χ1n) is 7.61. The predicted octanol–water partition coefficient (Wildman–Crippen LogP) is 5.48. The molecule has 0 aliphatic carbocycles. The molecule has 0 fully saturated rings. The molecule has 1 aromatic carbocycles. The van der Waals surface area contributed by atoms with Crippen LogP contribution in [0.3, 0.4) is 0 Å². The molecule has 2 aromatic heterocycles. The molecule has 3 aromatic rings. The Labute approximate surface area is 138 Å². The second kappa shape index (κ2) is 7.95. The van der Waals surface area contributed by atoms with Crippen molar-refractivity contribution in [2.75, 3.05) is 0 Å². The van der Waals surface area contributed by atoms with Crippen molar-refractivity contribution in [3.63, 3.8) is 0 Å². The van der Waals surface area contributed by atoms with Crippen molar-refractivity contribution < 1.29 is 0 Å². The summed E-state index contributed by atoms with van der Waals surface area (Å²) < 4.78 is 2.25. The van der Waals surface area contributed by atoms with Crippen LogP contribution in [0.15, 0.2) is 86.6 Å². The van der Waals surface area contributed by atoms with E-state index in [0.29, 0.717) is 0 Å². The highest BCUT2D eigenvalue weighted by Crippen LogP contribution is 2.25. The largest absolute Gasteiger partial charge is 0.321 e. The van der Waals surface area contributed by atoms with Gasteiger partial charge < -0.3 is 4.57 Å². The molecule has 0 radical (unpaired) electrons. The summed E-state index contributed by atoms with van der Waals surface area (Å²) in [6, 6.07) is 16.7. The lowest BCUT2D eigenvalue weighted by Gasteiger charge is -2.11. The van der Waals surface area contributed by atoms with Gasteiger partial charge in [-0.2, -0.15) is 0 Å². The highest BCUT2D eigenvalue weighted by atomic mass is 15.0. The summed E-state index contributed by atoms with van der Waals surface area (Å²) in [6.07, 6.45) is 5.83. The number of nitrogens with zero attached hydrogens (tertiary/aromatic N) is 2. The van der Waals surface area contributed by atoms with E-state index in [-0.39, 0.29) is 0 Å². The molecular formula is C21H22N2. The van der Waals surface area contributed by atoms with E-state index in [0.717, 1.165) is 28.8 Å². The molecule has 0 spiro atoms. The van der Waals surface area contributed by atoms with E-state index in [9.17, 15) is 0 Å². The molecule has 116 valence electrons. The number of rotatable bonds is 4. The highest BCUT2D eigenvalue weighted by Gasteiger charge is 2.11. The van der Waals surface area contributed by atoms with E-state index >= 15 is 0 Å². The van der Waals surface area contributed by atoms with Crippen molar-refractivity contribution in [3.8, 4) is 0 Å². The second-order valence-electron chi connectivity index (χ2n) is 4.97. The first kappa shape index (κ1) is 16.5. The Hall–Kier alpha value is -2.87. The molecule has 2 heteroatoms. The Morgan fingerprint density at radius 2 is 1.87 bits per heavy atom. The Bertz CT molecular complexity index is 810. The van der Waals surface area contributed by atoms with Crippen molar-refractivity contribution in [3.05, 3.63) is 97.9 Å². The van der Waals surface area contributed by atoms with E-state index < -0.39 is 0 Å². The summed E-state index contributed by atoms with van der Waals surface area (Å²) in [7, 11) is 0. The van der Waals surface area contributed by atoms with Gasteiger partial charge in [0.15, 0.2) is 0 Å². The van der Waals surface area contributed by atoms with Crippen LogP contribution < -0.4 is 0 Å². The van der Waals surface area contributed by atoms with Gasteiger partial charge in [-0.05, 0) is 36.3 Å². The van der Waals surface area contributed by atoms with Crippen LogP contribution in [-0.2, 0) is 6.54 Å². The van der Waals surface area contributed by atoms with Crippen LogP contribution in [0.25, 0.3) is 16.6 Å². The third-order valence-electron chi connectivity index (χ3n) is 3.67. The van der Waals surface area contributed by atoms with Crippen LogP contribution in [0.2, 0.25) is 0 Å². The van der Waals surface area contributed by atoms with Crippen LogP contribution in [0, 0.1) is 0 Å². The highest BCUT2D eigenvalue weighted by molar-refractivity contribution is 5.85. The normalized spacial score (nSPS) is 10.9. The molecule has 0 N–H and O–H groups in total. The summed E-state index contributed by atoms with van der Waals surface area (Å²) in [5, 5.41) is 1.16. The average molecular weight is 302 g/mol. The van der Waals surface area contributed by atoms with Crippen LogP contribution in [-0.4, -0.2) is 9.55 Å². The minimum Gasteiger partial charge on any atom is -0.321 e. The number of allylic oxidation sites excluding steroid dienone is 3. The predicted molar refractivity (Wildman–Crippen MR) is 100 cm³/mol. The van der Waals surface area contributed by atoms with Gasteiger partial charge in [-0.1, -0.05) is 49.1 Å². The Kier molecular flexibility index (Phi) is 5.70. The summed E-state index contributed by atoms with van der Waals surface area (Å²) >= 11 is 0. The summed E-state index contributed by atoms with van der Waals surface area (Å²) in [4.78, 5) is 4.55. The minimum atomic E-state index is 0.807. The monoisotopic (exact) mass is 302 g/mol. The molecule has 0 aliphatic rings. The van der Waals surface area contributed by atoms with Gasteiger partial charge in [-0.25, -0.2) is 4.98 Å². The van der Waals surface area contributed by atoms with Gasteiger partial charge in [-0.15, -0.1) is 13.2 Å². The van der Waals surface area contributed by atoms with Crippen LogP contribution in [0.1, 0.15) is 18.2 Å². The van der Waals surface area contributed by atoms with Gasteiger partial charge in [0.05, 0.1) is 5.69 Å². The lowest BCUT2D eigenvalue weighted by atomic mass is 10.1. The minimum absolute atomic E-state index is 0.807. The van der Waals surface area contributed by atoms with Crippen molar-refractivity contribution >= 4 is 16.6 Å². The maximum absolute atomic E-state index is 4.55. The van der Waals surface area contributed by atoms with Crippen molar-refractivity contribution in [2.45, 2.75) is 13.5 Å². The van der Waals surface area contributed by atoms with E-state index in [4.69, 9.17) is 0 Å². The molecule has 0 unspecified atom stereocenters. The summed E-state index contributed by atoms with van der Waals surface area (Å²) in [5.41, 5.74) is 4.56. The Balaban J connectivity index is 0.000000924. The second-order valence-corrected chi connectivity index (χ2v) is 4.97. The molecule has 23 heavy (non-hydrogen) atoms. The molecule has 0 saturated heterocycles. The van der Waals surface area contributed by atoms with Gasteiger partial charge in [0.2, 0.25) is 0 Å². The van der Waals surface area contributed by atoms with Gasteiger partial charge in [0, 0.05) is 18.1 Å². The first-order valence-corrected chi connectivity index (χ1v) is 7.61. The van der Waals surface area contributed by atoms with Crippen molar-refractivity contribution in [2.24, 2.45) is 0 Å². The molecule has 3 rings (SSSR count). The zero-order valence-corrected chi connectivity index (χ0v) is 13.6. The zero-order chi connectivity index (χ0) is 16.7. The first-order chi connectivity index (χ1) is 11.3. The maximum atomic E-state index is 4.55. The van der Waals surface area contributed by atoms with Gasteiger partial charge in [0.25, 0.3) is 0 Å². The quantitative estimate of drug-likeness (QED) is 0.461. The zero-order valence-electron chi connectivity index (χ0n) is 13.6. The molecule has 2 heterocycles. The smallest absolute Gasteiger partial charge is 0.140 e. The fourth-order valence-electron chi connectivity index (χ4n) is 2.62. The fourth-order valence-corrected chi connectivity index (χ4v) is 2.62. The van der Waals surface area contributed by atoms with E-state index in [1.165, 1.54) is 5.56 Å². The number of fused-ring (bicyclic) bond motifs is 1. The third-order valence-corrected chi connectivity index (χ3v) is 3.67. The van der Waals surface area contributed by atoms with Gasteiger partial charge >= 0.3 is 0 Å². The van der Waals surface area contributed by atoms with E-state index in [2.05, 4.69) is 71.8 Å². The number of benzene rings is 1. The third kappa shape index (κ3) is 3.49. The van der Waals surface area contributed by atoms with E-state index in [1.54, 1.807) is 0 Å². The molecule has 0 atom stereocenters. The lowest BCUT2D eigenvalue weighted by molar-refractivity contribution is 0.813.